The number of hydrogen-bond donors (Lipinski definition) is 0. The van der Waals surface area contributed by atoms with Crippen molar-refractivity contribution in [3.8, 4) is 0 Å². The molecule has 3 atom stereocenters. The molecule has 0 radical (unpaired) electrons. The van der Waals surface area contributed by atoms with Gasteiger partial charge in [0.15, 0.2) is 8.32 Å². The fourth-order valence-corrected chi connectivity index (χ4v) is 5.58. The van der Waals surface area contributed by atoms with Gasteiger partial charge in [-0.25, -0.2) is 0 Å². The summed E-state index contributed by atoms with van der Waals surface area (Å²) in [4.78, 5) is 0. The monoisotopic (exact) mass is 294 g/mol. The lowest BCUT2D eigenvalue weighted by molar-refractivity contribution is -0.0632. The van der Waals surface area contributed by atoms with E-state index in [9.17, 15) is 0 Å². The van der Waals surface area contributed by atoms with Crippen molar-refractivity contribution in [2.75, 3.05) is 6.61 Å². The highest BCUT2D eigenvalue weighted by Gasteiger charge is 2.52. The molecule has 2 heteroatoms. The van der Waals surface area contributed by atoms with Crippen LogP contribution in [0.25, 0.3) is 0 Å². The highest BCUT2D eigenvalue weighted by Crippen LogP contribution is 2.60. The molecule has 2 aliphatic rings. The van der Waals surface area contributed by atoms with E-state index in [2.05, 4.69) is 47.0 Å². The van der Waals surface area contributed by atoms with Crippen LogP contribution in [0.2, 0.25) is 19.6 Å². The van der Waals surface area contributed by atoms with Crippen LogP contribution in [-0.2, 0) is 4.43 Å². The standard InChI is InChI=1S/C18H34OSi/c1-14-9-10-16-17(2,3)11-8-12-18(16,4)15(14)13-19-20(5,6)7/h15-16H,1,8-13H2,2-7H3/t15-,16-,18+/m0/s1. The Hall–Kier alpha value is -0.0831. The zero-order valence-corrected chi connectivity index (χ0v) is 15.5. The lowest BCUT2D eigenvalue weighted by atomic mass is 9.48. The second kappa shape index (κ2) is 5.28. The molecule has 0 heterocycles. The Balaban J connectivity index is 2.22. The summed E-state index contributed by atoms with van der Waals surface area (Å²) in [5.74, 6) is 1.41. The fourth-order valence-electron chi connectivity index (χ4n) is 4.92. The first kappa shape index (κ1) is 16.3. The van der Waals surface area contributed by atoms with Gasteiger partial charge in [-0.05, 0) is 62.1 Å². The molecule has 0 bridgehead atoms. The van der Waals surface area contributed by atoms with E-state index in [0.717, 1.165) is 12.5 Å². The van der Waals surface area contributed by atoms with E-state index in [1.165, 1.54) is 37.7 Å². The summed E-state index contributed by atoms with van der Waals surface area (Å²) < 4.78 is 6.30. The van der Waals surface area contributed by atoms with Gasteiger partial charge in [-0.1, -0.05) is 39.3 Å². The fraction of sp³-hybridized carbons (Fsp3) is 0.889. The van der Waals surface area contributed by atoms with E-state index < -0.39 is 8.32 Å². The topological polar surface area (TPSA) is 9.23 Å². The lowest BCUT2D eigenvalue weighted by Crippen LogP contribution is -2.51. The molecule has 116 valence electrons. The molecule has 20 heavy (non-hydrogen) atoms. The Morgan fingerprint density at radius 1 is 1.20 bits per heavy atom. The molecule has 0 spiro atoms. The minimum absolute atomic E-state index is 0.413. The Labute approximate surface area is 127 Å². The molecule has 0 saturated heterocycles. The Morgan fingerprint density at radius 2 is 1.85 bits per heavy atom. The SMILES string of the molecule is C=C1CC[C@H]2C(C)(C)CCC[C@]2(C)[C@H]1CO[Si](C)(C)C. The summed E-state index contributed by atoms with van der Waals surface area (Å²) in [5, 5.41) is 0. The molecular weight excluding hydrogens is 260 g/mol. The van der Waals surface area contributed by atoms with Crippen LogP contribution >= 0.6 is 0 Å². The van der Waals surface area contributed by atoms with E-state index in [1.54, 1.807) is 0 Å². The molecule has 2 saturated carbocycles. The van der Waals surface area contributed by atoms with E-state index in [0.29, 0.717) is 16.7 Å². The van der Waals surface area contributed by atoms with Crippen LogP contribution in [0.5, 0.6) is 0 Å². The first-order valence-corrected chi connectivity index (χ1v) is 11.8. The van der Waals surface area contributed by atoms with Gasteiger partial charge in [-0.3, -0.25) is 0 Å². The van der Waals surface area contributed by atoms with E-state index in [-0.39, 0.29) is 0 Å². The van der Waals surface area contributed by atoms with Crippen LogP contribution < -0.4 is 0 Å². The molecule has 0 unspecified atom stereocenters. The molecular formula is C18H34OSi. The maximum atomic E-state index is 6.30. The Kier molecular flexibility index (Phi) is 4.30. The van der Waals surface area contributed by atoms with Crippen LogP contribution in [-0.4, -0.2) is 14.9 Å². The third-order valence-corrected chi connectivity index (χ3v) is 7.03. The second-order valence-corrected chi connectivity index (χ2v) is 13.6. The molecule has 0 aromatic carbocycles. The molecule has 2 aliphatic carbocycles. The van der Waals surface area contributed by atoms with E-state index in [1.807, 2.05) is 0 Å². The molecule has 0 aromatic rings. The van der Waals surface area contributed by atoms with Crippen LogP contribution in [0.4, 0.5) is 0 Å². The van der Waals surface area contributed by atoms with E-state index in [4.69, 9.17) is 4.43 Å². The Morgan fingerprint density at radius 3 is 2.45 bits per heavy atom. The summed E-state index contributed by atoms with van der Waals surface area (Å²) in [5.41, 5.74) is 2.36. The molecule has 0 aromatic heterocycles. The largest absolute Gasteiger partial charge is 0.417 e. The second-order valence-electron chi connectivity index (χ2n) is 9.07. The van der Waals surface area contributed by atoms with Gasteiger partial charge in [0.05, 0.1) is 0 Å². The summed E-state index contributed by atoms with van der Waals surface area (Å²) in [6.45, 7) is 19.7. The van der Waals surface area contributed by atoms with Crippen molar-refractivity contribution < 1.29 is 4.43 Å². The summed E-state index contributed by atoms with van der Waals surface area (Å²) in [6, 6.07) is 0. The number of hydrogen-bond acceptors (Lipinski definition) is 1. The van der Waals surface area contributed by atoms with Crippen molar-refractivity contribution in [3.05, 3.63) is 12.2 Å². The predicted octanol–water partition coefficient (Wildman–Crippen LogP) is 5.64. The minimum Gasteiger partial charge on any atom is -0.417 e. The van der Waals surface area contributed by atoms with Crippen molar-refractivity contribution in [3.63, 3.8) is 0 Å². The van der Waals surface area contributed by atoms with Crippen molar-refractivity contribution in [2.45, 2.75) is 72.5 Å². The van der Waals surface area contributed by atoms with Crippen LogP contribution in [0, 0.1) is 22.7 Å². The van der Waals surface area contributed by atoms with Gasteiger partial charge in [0.2, 0.25) is 0 Å². The molecule has 2 fully saturated rings. The van der Waals surface area contributed by atoms with Gasteiger partial charge in [0.1, 0.15) is 0 Å². The normalized spacial score (nSPS) is 37.6. The van der Waals surface area contributed by atoms with Gasteiger partial charge in [-0.2, -0.15) is 0 Å². The van der Waals surface area contributed by atoms with Crippen molar-refractivity contribution in [2.24, 2.45) is 22.7 Å². The van der Waals surface area contributed by atoms with Gasteiger partial charge in [0.25, 0.3) is 0 Å². The van der Waals surface area contributed by atoms with Gasteiger partial charge in [0, 0.05) is 12.5 Å². The third-order valence-electron chi connectivity index (χ3n) is 6.00. The first-order valence-electron chi connectivity index (χ1n) is 8.38. The maximum Gasteiger partial charge on any atom is 0.183 e. The van der Waals surface area contributed by atoms with Crippen LogP contribution in [0.15, 0.2) is 12.2 Å². The molecule has 2 rings (SSSR count). The van der Waals surface area contributed by atoms with Crippen molar-refractivity contribution in [1.82, 2.24) is 0 Å². The quantitative estimate of drug-likeness (QED) is 0.483. The molecule has 0 aliphatic heterocycles. The smallest absolute Gasteiger partial charge is 0.183 e. The minimum atomic E-state index is -1.44. The van der Waals surface area contributed by atoms with Gasteiger partial charge >= 0.3 is 0 Å². The molecule has 0 N–H and O–H groups in total. The number of fused-ring (bicyclic) bond motifs is 1. The van der Waals surface area contributed by atoms with E-state index >= 15 is 0 Å². The van der Waals surface area contributed by atoms with Crippen LogP contribution in [0.3, 0.4) is 0 Å². The van der Waals surface area contributed by atoms with Crippen LogP contribution in [0.1, 0.15) is 52.9 Å². The highest BCUT2D eigenvalue weighted by molar-refractivity contribution is 6.69. The predicted molar refractivity (Wildman–Crippen MR) is 90.4 cm³/mol. The zero-order valence-electron chi connectivity index (χ0n) is 14.5. The van der Waals surface area contributed by atoms with Gasteiger partial charge in [-0.15, -0.1) is 0 Å². The first-order chi connectivity index (χ1) is 9.06. The molecule has 0 amide bonds. The lowest BCUT2D eigenvalue weighted by Gasteiger charge is -2.58. The average molecular weight is 295 g/mol. The summed E-state index contributed by atoms with van der Waals surface area (Å²) >= 11 is 0. The third kappa shape index (κ3) is 3.06. The molecule has 1 nitrogen and oxygen atoms in total. The zero-order chi connectivity index (χ0) is 15.2. The maximum absolute atomic E-state index is 6.30. The van der Waals surface area contributed by atoms with Gasteiger partial charge < -0.3 is 4.43 Å². The highest BCUT2D eigenvalue weighted by atomic mass is 28.4. The summed E-state index contributed by atoms with van der Waals surface area (Å²) in [7, 11) is -1.44. The number of rotatable bonds is 3. The van der Waals surface area contributed by atoms with Crippen molar-refractivity contribution >= 4 is 8.32 Å². The Bertz CT molecular complexity index is 379. The average Bonchev–Trinajstić information content (AvgIpc) is 2.24. The van der Waals surface area contributed by atoms with Crippen molar-refractivity contribution in [1.29, 1.82) is 0 Å². The summed E-state index contributed by atoms with van der Waals surface area (Å²) in [6.07, 6.45) is 6.67.